The van der Waals surface area contributed by atoms with Crippen LogP contribution in [0.1, 0.15) is 18.1 Å². The summed E-state index contributed by atoms with van der Waals surface area (Å²) in [6.07, 6.45) is 1.67. The summed E-state index contributed by atoms with van der Waals surface area (Å²) in [4.78, 5) is 37.0. The number of aryl methyl sites for hydroxylation is 1. The standard InChI is InChI=1S/C15H15NO4S/c1-9-6-4-5-7-11(9)8-12-13(17)16(15(19)21-12)10(2)14(18)20-3/h4-8,10H,1-3H3/b12-8-/t10-/m1/s1. The van der Waals surface area contributed by atoms with Gasteiger partial charge in [0.2, 0.25) is 0 Å². The van der Waals surface area contributed by atoms with Gasteiger partial charge in [-0.2, -0.15) is 0 Å². The molecule has 0 unspecified atom stereocenters. The molecule has 1 atom stereocenters. The van der Waals surface area contributed by atoms with Crippen LogP contribution in [0, 0.1) is 6.92 Å². The Morgan fingerprint density at radius 2 is 2.00 bits per heavy atom. The Labute approximate surface area is 127 Å². The molecule has 0 aliphatic carbocycles. The van der Waals surface area contributed by atoms with Crippen LogP contribution in [0.25, 0.3) is 6.08 Å². The number of carbonyl (C=O) groups excluding carboxylic acids is 3. The fourth-order valence-electron chi connectivity index (χ4n) is 1.98. The van der Waals surface area contributed by atoms with E-state index in [9.17, 15) is 14.4 Å². The van der Waals surface area contributed by atoms with E-state index in [2.05, 4.69) is 4.74 Å². The number of benzene rings is 1. The number of nitrogens with zero attached hydrogens (tertiary/aromatic N) is 1. The lowest BCUT2D eigenvalue weighted by molar-refractivity contribution is -0.148. The van der Waals surface area contributed by atoms with E-state index in [4.69, 9.17) is 0 Å². The van der Waals surface area contributed by atoms with Crippen LogP contribution >= 0.6 is 11.8 Å². The largest absolute Gasteiger partial charge is 0.467 e. The maximum atomic E-state index is 12.3. The molecule has 1 fully saturated rings. The first-order valence-corrected chi connectivity index (χ1v) is 7.18. The highest BCUT2D eigenvalue weighted by Crippen LogP contribution is 2.34. The van der Waals surface area contributed by atoms with E-state index in [0.29, 0.717) is 4.91 Å². The van der Waals surface area contributed by atoms with E-state index in [1.165, 1.54) is 14.0 Å². The second-order valence-electron chi connectivity index (χ2n) is 4.61. The van der Waals surface area contributed by atoms with Crippen molar-refractivity contribution >= 4 is 35.0 Å². The fraction of sp³-hybridized carbons (Fsp3) is 0.267. The van der Waals surface area contributed by atoms with Gasteiger partial charge in [-0.1, -0.05) is 24.3 Å². The first-order chi connectivity index (χ1) is 9.95. The minimum atomic E-state index is -0.926. The van der Waals surface area contributed by atoms with E-state index in [-0.39, 0.29) is 0 Å². The highest BCUT2D eigenvalue weighted by atomic mass is 32.2. The van der Waals surface area contributed by atoms with Crippen molar-refractivity contribution in [3.05, 3.63) is 40.3 Å². The van der Waals surface area contributed by atoms with Gasteiger partial charge in [0.1, 0.15) is 6.04 Å². The maximum Gasteiger partial charge on any atom is 0.328 e. The van der Waals surface area contributed by atoms with Crippen molar-refractivity contribution in [3.8, 4) is 0 Å². The smallest absolute Gasteiger partial charge is 0.328 e. The van der Waals surface area contributed by atoms with Gasteiger partial charge in [-0.05, 0) is 42.8 Å². The molecule has 1 aromatic rings. The highest BCUT2D eigenvalue weighted by molar-refractivity contribution is 8.18. The fourth-order valence-corrected chi connectivity index (χ4v) is 2.88. The van der Waals surface area contributed by atoms with E-state index in [1.807, 2.05) is 31.2 Å². The monoisotopic (exact) mass is 305 g/mol. The van der Waals surface area contributed by atoms with Gasteiger partial charge in [0.05, 0.1) is 12.0 Å². The summed E-state index contributed by atoms with van der Waals surface area (Å²) in [5.74, 6) is -1.08. The second kappa shape index (κ2) is 6.13. The van der Waals surface area contributed by atoms with Crippen LogP contribution in [-0.4, -0.2) is 35.2 Å². The van der Waals surface area contributed by atoms with Crippen molar-refractivity contribution in [2.75, 3.05) is 7.11 Å². The zero-order valence-electron chi connectivity index (χ0n) is 12.0. The molecular weight excluding hydrogens is 290 g/mol. The Bertz CT molecular complexity index is 638. The molecular formula is C15H15NO4S. The van der Waals surface area contributed by atoms with Crippen molar-refractivity contribution in [2.45, 2.75) is 19.9 Å². The number of ether oxygens (including phenoxy) is 1. The molecule has 0 bridgehead atoms. The van der Waals surface area contributed by atoms with Gasteiger partial charge in [-0.15, -0.1) is 0 Å². The number of amides is 2. The Hall–Kier alpha value is -2.08. The minimum absolute atomic E-state index is 0.310. The van der Waals surface area contributed by atoms with Gasteiger partial charge in [-0.3, -0.25) is 14.5 Å². The van der Waals surface area contributed by atoms with Crippen molar-refractivity contribution < 1.29 is 19.1 Å². The van der Waals surface area contributed by atoms with Crippen LogP contribution in [0.15, 0.2) is 29.2 Å². The zero-order chi connectivity index (χ0) is 15.6. The third-order valence-electron chi connectivity index (χ3n) is 3.23. The van der Waals surface area contributed by atoms with Crippen molar-refractivity contribution in [1.82, 2.24) is 4.90 Å². The van der Waals surface area contributed by atoms with Crippen molar-refractivity contribution in [3.63, 3.8) is 0 Å². The molecule has 0 N–H and O–H groups in total. The summed E-state index contributed by atoms with van der Waals surface area (Å²) in [5.41, 5.74) is 1.87. The first-order valence-electron chi connectivity index (χ1n) is 6.36. The Morgan fingerprint density at radius 1 is 1.33 bits per heavy atom. The summed E-state index contributed by atoms with van der Waals surface area (Å²) in [5, 5.41) is -0.460. The Morgan fingerprint density at radius 3 is 2.62 bits per heavy atom. The molecule has 110 valence electrons. The lowest BCUT2D eigenvalue weighted by Gasteiger charge is -2.18. The SMILES string of the molecule is COC(=O)[C@@H](C)N1C(=O)S/C(=C\c2ccccc2C)C1=O. The minimum Gasteiger partial charge on any atom is -0.467 e. The van der Waals surface area contributed by atoms with Gasteiger partial charge >= 0.3 is 5.97 Å². The number of imide groups is 1. The van der Waals surface area contributed by atoms with Crippen LogP contribution in [0.5, 0.6) is 0 Å². The molecule has 0 radical (unpaired) electrons. The normalized spacial score (nSPS) is 18.2. The zero-order valence-corrected chi connectivity index (χ0v) is 12.8. The van der Waals surface area contributed by atoms with Crippen LogP contribution in [0.4, 0.5) is 4.79 Å². The van der Waals surface area contributed by atoms with Gasteiger partial charge in [0.15, 0.2) is 0 Å². The van der Waals surface area contributed by atoms with Crippen LogP contribution < -0.4 is 0 Å². The summed E-state index contributed by atoms with van der Waals surface area (Å²) in [6, 6.07) is 6.63. The quantitative estimate of drug-likeness (QED) is 0.634. The number of methoxy groups -OCH3 is 1. The van der Waals surface area contributed by atoms with Crippen LogP contribution in [0.2, 0.25) is 0 Å². The number of hydrogen-bond acceptors (Lipinski definition) is 5. The molecule has 5 nitrogen and oxygen atoms in total. The Balaban J connectivity index is 2.30. The molecule has 1 heterocycles. The predicted octanol–water partition coefficient (Wildman–Crippen LogP) is 2.59. The van der Waals surface area contributed by atoms with E-state index in [0.717, 1.165) is 27.8 Å². The summed E-state index contributed by atoms with van der Waals surface area (Å²) < 4.78 is 4.58. The number of esters is 1. The summed E-state index contributed by atoms with van der Waals surface area (Å²) >= 11 is 0.832. The summed E-state index contributed by atoms with van der Waals surface area (Å²) in [7, 11) is 1.22. The molecule has 0 aromatic heterocycles. The number of carbonyl (C=O) groups is 3. The van der Waals surface area contributed by atoms with Crippen molar-refractivity contribution in [2.24, 2.45) is 0 Å². The molecule has 2 rings (SSSR count). The van der Waals surface area contributed by atoms with Crippen molar-refractivity contribution in [1.29, 1.82) is 0 Å². The third-order valence-corrected chi connectivity index (χ3v) is 4.11. The van der Waals surface area contributed by atoms with E-state index >= 15 is 0 Å². The van der Waals surface area contributed by atoms with Crippen LogP contribution in [-0.2, 0) is 14.3 Å². The Kier molecular flexibility index (Phi) is 4.47. The van der Waals surface area contributed by atoms with Gasteiger partial charge in [0, 0.05) is 0 Å². The molecule has 0 spiro atoms. The molecule has 6 heteroatoms. The van der Waals surface area contributed by atoms with Gasteiger partial charge in [0.25, 0.3) is 11.1 Å². The first kappa shape index (κ1) is 15.3. The van der Waals surface area contributed by atoms with E-state index < -0.39 is 23.2 Å². The average Bonchev–Trinajstić information content (AvgIpc) is 2.74. The highest BCUT2D eigenvalue weighted by Gasteiger charge is 2.41. The molecule has 0 saturated carbocycles. The van der Waals surface area contributed by atoms with Gasteiger partial charge < -0.3 is 4.74 Å². The van der Waals surface area contributed by atoms with Gasteiger partial charge in [-0.25, -0.2) is 4.79 Å². The molecule has 1 aliphatic heterocycles. The molecule has 1 aliphatic rings. The molecule has 21 heavy (non-hydrogen) atoms. The number of hydrogen-bond donors (Lipinski definition) is 0. The molecule has 1 aromatic carbocycles. The van der Waals surface area contributed by atoms with E-state index in [1.54, 1.807) is 6.08 Å². The predicted molar refractivity (Wildman–Crippen MR) is 80.5 cm³/mol. The van der Waals surface area contributed by atoms with Crippen LogP contribution in [0.3, 0.4) is 0 Å². The topological polar surface area (TPSA) is 63.7 Å². The lowest BCUT2D eigenvalue weighted by Crippen LogP contribution is -2.42. The summed E-state index contributed by atoms with van der Waals surface area (Å²) in [6.45, 7) is 3.39. The number of thioether (sulfide) groups is 1. The second-order valence-corrected chi connectivity index (χ2v) is 5.60. The molecule has 2 amide bonds. The average molecular weight is 305 g/mol. The maximum absolute atomic E-state index is 12.3. The molecule has 1 saturated heterocycles. The lowest BCUT2D eigenvalue weighted by atomic mass is 10.1. The third kappa shape index (κ3) is 3.00. The number of rotatable bonds is 3.